The summed E-state index contributed by atoms with van der Waals surface area (Å²) in [5, 5.41) is 4.18. The monoisotopic (exact) mass is 439 g/mol. The van der Waals surface area contributed by atoms with Crippen LogP contribution in [-0.4, -0.2) is 36.0 Å². The van der Waals surface area contributed by atoms with Gasteiger partial charge in [-0.1, -0.05) is 49.3 Å². The molecule has 7 heteroatoms. The van der Waals surface area contributed by atoms with E-state index in [2.05, 4.69) is 24.0 Å². The van der Waals surface area contributed by atoms with Crippen LogP contribution in [-0.2, 0) is 16.4 Å². The van der Waals surface area contributed by atoms with Crippen LogP contribution >= 0.6 is 0 Å². The maximum Gasteiger partial charge on any atom is 0.258 e. The van der Waals surface area contributed by atoms with Crippen LogP contribution in [0.2, 0.25) is 0 Å². The van der Waals surface area contributed by atoms with E-state index in [0.717, 1.165) is 23.1 Å². The zero-order chi connectivity index (χ0) is 22.0. The second-order valence-electron chi connectivity index (χ2n) is 8.69. The fourth-order valence-electron chi connectivity index (χ4n) is 4.10. The van der Waals surface area contributed by atoms with E-state index in [4.69, 9.17) is 4.52 Å². The van der Waals surface area contributed by atoms with Crippen molar-refractivity contribution in [2.24, 2.45) is 5.92 Å². The van der Waals surface area contributed by atoms with E-state index in [9.17, 15) is 8.42 Å². The first-order chi connectivity index (χ1) is 14.8. The van der Waals surface area contributed by atoms with Crippen LogP contribution in [0.3, 0.4) is 0 Å². The Morgan fingerprint density at radius 2 is 1.74 bits per heavy atom. The molecule has 0 bridgehead atoms. The fourth-order valence-corrected chi connectivity index (χ4v) is 5.56. The van der Waals surface area contributed by atoms with Crippen molar-refractivity contribution >= 4 is 10.0 Å². The largest absolute Gasteiger partial charge is 0.334 e. The van der Waals surface area contributed by atoms with Gasteiger partial charge in [-0.2, -0.15) is 9.29 Å². The lowest BCUT2D eigenvalue weighted by molar-refractivity contribution is 0.307. The van der Waals surface area contributed by atoms with Gasteiger partial charge in [0.2, 0.25) is 10.0 Å². The lowest BCUT2D eigenvalue weighted by Crippen LogP contribution is -2.38. The maximum atomic E-state index is 13.1. The lowest BCUT2D eigenvalue weighted by atomic mass is 9.97. The van der Waals surface area contributed by atoms with E-state index in [1.54, 1.807) is 16.4 Å². The van der Waals surface area contributed by atoms with Crippen LogP contribution in [0.25, 0.3) is 11.5 Å². The van der Waals surface area contributed by atoms with Crippen molar-refractivity contribution in [3.05, 3.63) is 65.5 Å². The number of rotatable bonds is 6. The Bertz CT molecular complexity index is 1130. The predicted octanol–water partition coefficient (Wildman–Crippen LogP) is 4.81. The number of benzene rings is 2. The van der Waals surface area contributed by atoms with Gasteiger partial charge >= 0.3 is 0 Å². The molecule has 31 heavy (non-hydrogen) atoms. The second kappa shape index (κ2) is 8.93. The Balaban J connectivity index is 1.42. The minimum Gasteiger partial charge on any atom is -0.334 e. The third-order valence-electron chi connectivity index (χ3n) is 5.84. The van der Waals surface area contributed by atoms with Crippen LogP contribution in [0.4, 0.5) is 0 Å². The molecule has 1 aromatic heterocycles. The first kappa shape index (κ1) is 21.7. The summed E-state index contributed by atoms with van der Waals surface area (Å²) in [4.78, 5) is 4.96. The highest BCUT2D eigenvalue weighted by Crippen LogP contribution is 2.31. The van der Waals surface area contributed by atoms with Gasteiger partial charge < -0.3 is 4.52 Å². The van der Waals surface area contributed by atoms with Gasteiger partial charge in [0, 0.05) is 24.6 Å². The molecule has 3 aromatic rings. The summed E-state index contributed by atoms with van der Waals surface area (Å²) in [7, 11) is -3.49. The van der Waals surface area contributed by atoms with Crippen LogP contribution in [0, 0.1) is 12.8 Å². The summed E-state index contributed by atoms with van der Waals surface area (Å²) in [6.45, 7) is 7.23. The number of hydrogen-bond donors (Lipinski definition) is 0. The van der Waals surface area contributed by atoms with Crippen LogP contribution in [0.1, 0.15) is 49.6 Å². The van der Waals surface area contributed by atoms with E-state index in [1.165, 1.54) is 0 Å². The van der Waals surface area contributed by atoms with E-state index in [-0.39, 0.29) is 5.92 Å². The molecule has 2 heterocycles. The average Bonchev–Trinajstić information content (AvgIpc) is 3.24. The van der Waals surface area contributed by atoms with Gasteiger partial charge in [-0.25, -0.2) is 8.42 Å². The molecule has 0 saturated carbocycles. The molecule has 0 radical (unpaired) electrons. The molecule has 0 spiro atoms. The number of nitrogens with zero attached hydrogens (tertiary/aromatic N) is 3. The molecule has 0 atom stereocenters. The van der Waals surface area contributed by atoms with Gasteiger partial charge in [-0.3, -0.25) is 0 Å². The highest BCUT2D eigenvalue weighted by Gasteiger charge is 2.32. The third-order valence-corrected chi connectivity index (χ3v) is 7.75. The van der Waals surface area contributed by atoms with Gasteiger partial charge in [0.25, 0.3) is 5.89 Å². The minimum absolute atomic E-state index is 0.0985. The molecule has 1 aliphatic rings. The van der Waals surface area contributed by atoms with Crippen molar-refractivity contribution in [2.45, 2.75) is 50.8 Å². The maximum absolute atomic E-state index is 13.1. The quantitative estimate of drug-likeness (QED) is 0.551. The van der Waals surface area contributed by atoms with Crippen LogP contribution in [0.5, 0.6) is 0 Å². The second-order valence-corrected chi connectivity index (χ2v) is 10.6. The van der Waals surface area contributed by atoms with Crippen LogP contribution in [0.15, 0.2) is 57.9 Å². The van der Waals surface area contributed by atoms with E-state index < -0.39 is 10.0 Å². The van der Waals surface area contributed by atoms with Gasteiger partial charge in [0.15, 0.2) is 5.82 Å². The average molecular weight is 440 g/mol. The molecule has 2 aromatic carbocycles. The Kier molecular flexibility index (Phi) is 6.25. The number of piperidine rings is 1. The van der Waals surface area contributed by atoms with Crippen molar-refractivity contribution in [3.8, 4) is 11.5 Å². The Morgan fingerprint density at radius 3 is 2.39 bits per heavy atom. The molecule has 1 saturated heterocycles. The topological polar surface area (TPSA) is 76.3 Å². The smallest absolute Gasteiger partial charge is 0.258 e. The summed E-state index contributed by atoms with van der Waals surface area (Å²) in [6, 6.07) is 15.2. The highest BCUT2D eigenvalue weighted by atomic mass is 32.2. The molecule has 0 unspecified atom stereocenters. The number of sulfonamides is 1. The summed E-state index contributed by atoms with van der Waals surface area (Å²) in [6.07, 6.45) is 2.30. The van der Waals surface area contributed by atoms with Gasteiger partial charge in [-0.05, 0) is 61.4 Å². The van der Waals surface area contributed by atoms with Crippen molar-refractivity contribution < 1.29 is 12.9 Å². The molecule has 1 fully saturated rings. The molecule has 4 rings (SSSR count). The van der Waals surface area contributed by atoms with Crippen molar-refractivity contribution in [3.63, 3.8) is 0 Å². The van der Waals surface area contributed by atoms with Crippen molar-refractivity contribution in [1.82, 2.24) is 14.4 Å². The van der Waals surface area contributed by atoms with Gasteiger partial charge in [0.05, 0.1) is 4.90 Å². The normalized spacial score (nSPS) is 16.1. The minimum atomic E-state index is -3.49. The van der Waals surface area contributed by atoms with Crippen molar-refractivity contribution in [2.75, 3.05) is 13.1 Å². The first-order valence-electron chi connectivity index (χ1n) is 10.8. The van der Waals surface area contributed by atoms with Gasteiger partial charge in [0.1, 0.15) is 0 Å². The molecule has 1 aliphatic heterocycles. The predicted molar refractivity (Wildman–Crippen MR) is 120 cm³/mol. The van der Waals surface area contributed by atoms with Gasteiger partial charge in [-0.15, -0.1) is 0 Å². The number of aryl methyl sites for hydroxylation is 1. The molecule has 6 nitrogen and oxygen atoms in total. The van der Waals surface area contributed by atoms with E-state index >= 15 is 0 Å². The Morgan fingerprint density at radius 1 is 1.06 bits per heavy atom. The zero-order valence-electron chi connectivity index (χ0n) is 18.3. The summed E-state index contributed by atoms with van der Waals surface area (Å²) in [5.41, 5.74) is 3.18. The standard InChI is InChI=1S/C24H29N3O3S/c1-17(2)16-19-8-10-21(11-9-19)31(28,29)27-14-12-20(13-15-27)23-25-24(30-26-23)22-7-5-4-6-18(22)3/h4-11,17,20H,12-16H2,1-3H3. The Labute approximate surface area is 184 Å². The number of hydrogen-bond acceptors (Lipinski definition) is 5. The molecule has 0 amide bonds. The molecule has 0 N–H and O–H groups in total. The summed E-state index contributed by atoms with van der Waals surface area (Å²) >= 11 is 0. The first-order valence-corrected chi connectivity index (χ1v) is 12.3. The van der Waals surface area contributed by atoms with Crippen molar-refractivity contribution in [1.29, 1.82) is 0 Å². The van der Waals surface area contributed by atoms with Crippen LogP contribution < -0.4 is 0 Å². The molecule has 0 aliphatic carbocycles. The zero-order valence-corrected chi connectivity index (χ0v) is 19.1. The lowest BCUT2D eigenvalue weighted by Gasteiger charge is -2.29. The molecular weight excluding hydrogens is 410 g/mol. The highest BCUT2D eigenvalue weighted by molar-refractivity contribution is 7.89. The Hall–Kier alpha value is -2.51. The van der Waals surface area contributed by atoms with E-state index in [1.807, 2.05) is 43.3 Å². The SMILES string of the molecule is Cc1ccccc1-c1nc(C2CCN(S(=O)(=O)c3ccc(CC(C)C)cc3)CC2)no1. The number of aromatic nitrogens is 2. The summed E-state index contributed by atoms with van der Waals surface area (Å²) in [5.74, 6) is 1.82. The summed E-state index contributed by atoms with van der Waals surface area (Å²) < 4.78 is 33.2. The molecular formula is C24H29N3O3S. The third kappa shape index (κ3) is 4.72. The van der Waals surface area contributed by atoms with E-state index in [0.29, 0.717) is 48.5 Å². The molecule has 164 valence electrons. The fraction of sp³-hybridized carbons (Fsp3) is 0.417.